The van der Waals surface area contributed by atoms with Crippen LogP contribution in [0.1, 0.15) is 28.2 Å². The lowest BCUT2D eigenvalue weighted by molar-refractivity contribution is 0.0764. The van der Waals surface area contributed by atoms with Gasteiger partial charge in [0.15, 0.2) is 0 Å². The molecule has 1 saturated heterocycles. The monoisotopic (exact) mass is 483 g/mol. The first kappa shape index (κ1) is 24.4. The van der Waals surface area contributed by atoms with E-state index in [1.54, 1.807) is 30.5 Å². The van der Waals surface area contributed by atoms with Crippen LogP contribution in [0.3, 0.4) is 0 Å². The molecule has 0 bridgehead atoms. The van der Waals surface area contributed by atoms with Crippen LogP contribution in [-0.4, -0.2) is 86.3 Å². The molecule has 0 unspecified atom stereocenters. The highest BCUT2D eigenvalue weighted by Gasteiger charge is 2.32. The Bertz CT molecular complexity index is 1220. The number of hydrogen-bond acceptors (Lipinski definition) is 6. The molecule has 1 aromatic heterocycles. The lowest BCUT2D eigenvalue weighted by atomic mass is 10.2. The fourth-order valence-electron chi connectivity index (χ4n) is 3.76. The van der Waals surface area contributed by atoms with Crippen LogP contribution in [0.25, 0.3) is 0 Å². The second-order valence-electron chi connectivity index (χ2n) is 7.99. The van der Waals surface area contributed by atoms with Gasteiger partial charge in [0.05, 0.1) is 16.3 Å². The molecule has 0 saturated carbocycles. The number of sulfonamides is 2. The lowest BCUT2D eigenvalue weighted by Gasteiger charge is -2.22. The zero-order valence-corrected chi connectivity index (χ0v) is 20.6. The van der Waals surface area contributed by atoms with Crippen LogP contribution in [0.2, 0.25) is 0 Å². The van der Waals surface area contributed by atoms with Crippen LogP contribution < -0.4 is 0 Å². The highest BCUT2D eigenvalue weighted by Crippen LogP contribution is 2.24. The van der Waals surface area contributed by atoms with Crippen molar-refractivity contribution in [1.82, 2.24) is 23.3 Å². The van der Waals surface area contributed by atoms with E-state index in [0.717, 1.165) is 4.31 Å². The van der Waals surface area contributed by atoms with Crippen molar-refractivity contribution in [3.63, 3.8) is 0 Å². The fraction of sp³-hybridized carbons (Fsp3) is 0.500. The summed E-state index contributed by atoms with van der Waals surface area (Å²) in [6, 6.07) is 5.79. The minimum Gasteiger partial charge on any atom is -0.337 e. The summed E-state index contributed by atoms with van der Waals surface area (Å²) in [7, 11) is -2.71. The number of rotatable bonds is 5. The molecule has 0 radical (unpaired) electrons. The topological polar surface area (TPSA) is 113 Å². The standard InChI is InChI=1S/C20H29N5O5S2/c1-15-19(16(2)23(5)21-15)32(29,30)25-12-6-11-24(13-14-25)20(26)17-7-9-18(10-8-17)31(27,28)22(3)4/h7-10H,6,11-14H2,1-5H3. The maximum Gasteiger partial charge on any atom is 0.253 e. The van der Waals surface area contributed by atoms with Crippen LogP contribution in [0.5, 0.6) is 0 Å². The van der Waals surface area contributed by atoms with Gasteiger partial charge in [-0.15, -0.1) is 0 Å². The Morgan fingerprint density at radius 2 is 1.59 bits per heavy atom. The van der Waals surface area contributed by atoms with Crippen molar-refractivity contribution in [2.45, 2.75) is 30.1 Å². The van der Waals surface area contributed by atoms with Gasteiger partial charge in [0.1, 0.15) is 4.90 Å². The molecule has 1 aliphatic heterocycles. The summed E-state index contributed by atoms with van der Waals surface area (Å²) < 4.78 is 55.0. The summed E-state index contributed by atoms with van der Waals surface area (Å²) in [4.78, 5) is 14.9. The van der Waals surface area contributed by atoms with Crippen LogP contribution in [0.4, 0.5) is 0 Å². The van der Waals surface area contributed by atoms with Crippen molar-refractivity contribution >= 4 is 26.0 Å². The number of aryl methyl sites for hydroxylation is 2. The number of aromatic nitrogens is 2. The van der Waals surface area contributed by atoms with Gasteiger partial charge in [-0.2, -0.15) is 9.40 Å². The number of carbonyl (C=O) groups is 1. The zero-order chi connectivity index (χ0) is 23.8. The molecule has 176 valence electrons. The van der Waals surface area contributed by atoms with E-state index in [-0.39, 0.29) is 28.8 Å². The van der Waals surface area contributed by atoms with Crippen LogP contribution in [0.15, 0.2) is 34.1 Å². The highest BCUT2D eigenvalue weighted by atomic mass is 32.2. The van der Waals surface area contributed by atoms with E-state index in [1.165, 1.54) is 42.7 Å². The number of nitrogens with zero attached hydrogens (tertiary/aromatic N) is 5. The number of hydrogen-bond donors (Lipinski definition) is 0. The van der Waals surface area contributed by atoms with E-state index in [0.29, 0.717) is 36.5 Å². The van der Waals surface area contributed by atoms with Gasteiger partial charge in [-0.3, -0.25) is 9.48 Å². The average molecular weight is 484 g/mol. The molecule has 0 aliphatic carbocycles. The van der Waals surface area contributed by atoms with Gasteiger partial charge < -0.3 is 4.90 Å². The van der Waals surface area contributed by atoms with Crippen molar-refractivity contribution in [2.24, 2.45) is 7.05 Å². The number of amides is 1. The van der Waals surface area contributed by atoms with Crippen molar-refractivity contribution in [3.05, 3.63) is 41.2 Å². The summed E-state index contributed by atoms with van der Waals surface area (Å²) in [6.07, 6.45) is 0.496. The van der Waals surface area contributed by atoms with Gasteiger partial charge >= 0.3 is 0 Å². The molecule has 1 fully saturated rings. The van der Waals surface area contributed by atoms with Crippen LogP contribution in [0, 0.1) is 13.8 Å². The van der Waals surface area contributed by atoms with Gasteiger partial charge in [0.2, 0.25) is 20.0 Å². The molecule has 0 atom stereocenters. The largest absolute Gasteiger partial charge is 0.337 e. The molecule has 1 aromatic carbocycles. The fourth-order valence-corrected chi connectivity index (χ4v) is 6.53. The second kappa shape index (κ2) is 8.93. The molecular weight excluding hydrogens is 454 g/mol. The van der Waals surface area contributed by atoms with E-state index < -0.39 is 20.0 Å². The van der Waals surface area contributed by atoms with Crippen molar-refractivity contribution in [3.8, 4) is 0 Å². The van der Waals surface area contributed by atoms with E-state index in [9.17, 15) is 21.6 Å². The van der Waals surface area contributed by atoms with Gasteiger partial charge in [0, 0.05) is 52.9 Å². The Labute approximate surface area is 189 Å². The van der Waals surface area contributed by atoms with E-state index in [2.05, 4.69) is 5.10 Å². The first-order valence-electron chi connectivity index (χ1n) is 10.2. The quantitative estimate of drug-likeness (QED) is 0.622. The maximum absolute atomic E-state index is 13.2. The van der Waals surface area contributed by atoms with Crippen LogP contribution in [-0.2, 0) is 27.1 Å². The van der Waals surface area contributed by atoms with Crippen molar-refractivity contribution in [2.75, 3.05) is 40.3 Å². The normalized spacial score (nSPS) is 16.4. The molecule has 0 N–H and O–H groups in total. The average Bonchev–Trinajstić information content (AvgIpc) is 2.91. The van der Waals surface area contributed by atoms with E-state index >= 15 is 0 Å². The van der Waals surface area contributed by atoms with E-state index in [4.69, 9.17) is 0 Å². The summed E-state index contributed by atoms with van der Waals surface area (Å²) in [5, 5.41) is 4.21. The van der Waals surface area contributed by atoms with Gasteiger partial charge in [-0.05, 0) is 44.5 Å². The molecule has 10 nitrogen and oxygen atoms in total. The van der Waals surface area contributed by atoms with Gasteiger partial charge in [0.25, 0.3) is 5.91 Å². The smallest absolute Gasteiger partial charge is 0.253 e. The first-order valence-corrected chi connectivity index (χ1v) is 13.1. The third-order valence-electron chi connectivity index (χ3n) is 5.66. The molecule has 32 heavy (non-hydrogen) atoms. The maximum atomic E-state index is 13.2. The molecule has 12 heteroatoms. The van der Waals surface area contributed by atoms with Crippen molar-refractivity contribution in [1.29, 1.82) is 0 Å². The molecule has 1 aliphatic rings. The lowest BCUT2D eigenvalue weighted by Crippen LogP contribution is -2.37. The number of benzene rings is 1. The molecule has 3 rings (SSSR count). The summed E-state index contributed by atoms with van der Waals surface area (Å²) in [5.74, 6) is -0.258. The molecule has 0 spiro atoms. The Balaban J connectivity index is 1.76. The zero-order valence-electron chi connectivity index (χ0n) is 18.9. The highest BCUT2D eigenvalue weighted by molar-refractivity contribution is 7.89. The SMILES string of the molecule is Cc1nn(C)c(C)c1S(=O)(=O)N1CCCN(C(=O)c2ccc(S(=O)(=O)N(C)C)cc2)CC1. The van der Waals surface area contributed by atoms with Crippen LogP contribution >= 0.6 is 0 Å². The van der Waals surface area contributed by atoms with Gasteiger partial charge in [-0.1, -0.05) is 0 Å². The minimum absolute atomic E-state index is 0.106. The molecular formula is C20H29N5O5S2. The predicted octanol–water partition coefficient (Wildman–Crippen LogP) is 0.824. The molecule has 1 amide bonds. The third-order valence-corrected chi connectivity index (χ3v) is 9.64. The predicted molar refractivity (Wildman–Crippen MR) is 119 cm³/mol. The van der Waals surface area contributed by atoms with Gasteiger partial charge in [-0.25, -0.2) is 21.1 Å². The minimum atomic E-state index is -3.73. The third kappa shape index (κ3) is 4.45. The summed E-state index contributed by atoms with van der Waals surface area (Å²) in [5.41, 5.74) is 1.39. The molecule has 2 heterocycles. The molecule has 2 aromatic rings. The Kier molecular flexibility index (Phi) is 6.80. The van der Waals surface area contributed by atoms with E-state index in [1.807, 2.05) is 0 Å². The first-order chi connectivity index (χ1) is 14.9. The Morgan fingerprint density at radius 3 is 2.12 bits per heavy atom. The second-order valence-corrected chi connectivity index (χ2v) is 12.0. The number of carbonyl (C=O) groups excluding carboxylic acids is 1. The Morgan fingerprint density at radius 1 is 0.969 bits per heavy atom. The summed E-state index contributed by atoms with van der Waals surface area (Å²) >= 11 is 0. The Hall–Kier alpha value is -2.28. The summed E-state index contributed by atoms with van der Waals surface area (Å²) in [6.45, 7) is 4.53. The van der Waals surface area contributed by atoms with Crippen molar-refractivity contribution < 1.29 is 21.6 Å².